The van der Waals surface area contributed by atoms with Crippen LogP contribution in [0.15, 0.2) is 54.8 Å². The average molecular weight is 544 g/mol. The first-order valence-electron chi connectivity index (χ1n) is 12.2. The molecule has 1 aromatic rings. The number of rotatable bonds is 5. The van der Waals surface area contributed by atoms with Gasteiger partial charge in [-0.2, -0.15) is 18.4 Å². The molecule has 0 saturated carbocycles. The van der Waals surface area contributed by atoms with E-state index in [1.54, 1.807) is 54.0 Å². The van der Waals surface area contributed by atoms with Gasteiger partial charge in [0.1, 0.15) is 5.54 Å². The molecule has 2 heterocycles. The molecule has 0 aromatic heterocycles. The Balaban J connectivity index is 1.71. The first-order chi connectivity index (χ1) is 17.9. The van der Waals surface area contributed by atoms with E-state index in [0.717, 1.165) is 17.1 Å². The minimum Gasteiger partial charge on any atom is -0.336 e. The predicted octanol–water partition coefficient (Wildman–Crippen LogP) is 3.94. The number of nitrogens with zero attached hydrogens (tertiary/aromatic N) is 4. The van der Waals surface area contributed by atoms with Gasteiger partial charge in [-0.05, 0) is 68.4 Å². The number of thiocarbonyl (C=S) groups is 1. The van der Waals surface area contributed by atoms with Crippen LogP contribution in [0.25, 0.3) is 0 Å². The molecule has 2 atom stereocenters. The fourth-order valence-corrected chi connectivity index (χ4v) is 5.50. The molecular weight excluding hydrogens is 515 g/mol. The van der Waals surface area contributed by atoms with Crippen molar-refractivity contribution in [1.82, 2.24) is 15.1 Å². The molecule has 0 bridgehead atoms. The van der Waals surface area contributed by atoms with Crippen LogP contribution >= 0.6 is 12.2 Å². The zero-order valence-electron chi connectivity index (χ0n) is 21.1. The van der Waals surface area contributed by atoms with Gasteiger partial charge in [0.2, 0.25) is 0 Å². The van der Waals surface area contributed by atoms with Gasteiger partial charge in [-0.1, -0.05) is 12.2 Å². The highest BCUT2D eigenvalue weighted by atomic mass is 32.1. The maximum Gasteiger partial charge on any atom is 0.396 e. The molecular formula is C27H28F3N5O2S. The molecule has 1 aliphatic carbocycles. The standard InChI is InChI=1S/C27H28F3N5O2S/c1-4-5-17-14-20(8-9-21(17)23(36)33-12-10-32-11-13-33)35-25(38)34(24(37)26(35,2)3)19-7-6-18(16-31)22(15-19)27(28,29)30/h4,6-9,14-15,18,22,32H,1,5,10-13H2,2-3H3. The van der Waals surface area contributed by atoms with Gasteiger partial charge in [0.25, 0.3) is 11.8 Å². The van der Waals surface area contributed by atoms with Crippen molar-refractivity contribution in [3.63, 3.8) is 0 Å². The van der Waals surface area contributed by atoms with Gasteiger partial charge >= 0.3 is 6.18 Å². The SMILES string of the molecule is C=CCc1cc(N2C(=S)N(C3=CC(C(F)(F)F)C(C#N)C=C3)C(=O)C2(C)C)ccc1C(=O)N1CCNCC1. The van der Waals surface area contributed by atoms with Gasteiger partial charge in [-0.3, -0.25) is 14.5 Å². The number of hydrogen-bond donors (Lipinski definition) is 1. The van der Waals surface area contributed by atoms with Crippen LogP contribution in [0.4, 0.5) is 18.9 Å². The number of halogens is 3. The molecule has 2 saturated heterocycles. The summed E-state index contributed by atoms with van der Waals surface area (Å²) in [7, 11) is 0. The molecule has 4 rings (SSSR count). The van der Waals surface area contributed by atoms with Crippen molar-refractivity contribution in [1.29, 1.82) is 5.26 Å². The van der Waals surface area contributed by atoms with E-state index in [1.807, 2.05) is 0 Å². The first-order valence-corrected chi connectivity index (χ1v) is 12.6. The van der Waals surface area contributed by atoms with Crippen LogP contribution in [-0.4, -0.2) is 64.6 Å². The third-order valence-electron chi connectivity index (χ3n) is 7.01. The summed E-state index contributed by atoms with van der Waals surface area (Å²) in [5, 5.41) is 12.4. The molecule has 0 spiro atoms. The van der Waals surface area contributed by atoms with Crippen LogP contribution < -0.4 is 10.2 Å². The molecule has 0 radical (unpaired) electrons. The number of anilines is 1. The van der Waals surface area contributed by atoms with Gasteiger partial charge in [-0.15, -0.1) is 6.58 Å². The fraction of sp³-hybridized carbons (Fsp3) is 0.407. The summed E-state index contributed by atoms with van der Waals surface area (Å²) in [6.45, 7) is 9.69. The average Bonchev–Trinajstić information content (AvgIpc) is 3.06. The lowest BCUT2D eigenvalue weighted by Gasteiger charge is -2.31. The molecule has 2 amide bonds. The van der Waals surface area contributed by atoms with Crippen molar-refractivity contribution in [3.8, 4) is 6.07 Å². The Morgan fingerprint density at radius 2 is 2.00 bits per heavy atom. The number of alkyl halides is 3. The predicted molar refractivity (Wildman–Crippen MR) is 141 cm³/mol. The minimum atomic E-state index is -4.66. The Hall–Kier alpha value is -3.49. The van der Waals surface area contributed by atoms with E-state index in [4.69, 9.17) is 12.2 Å². The number of hydrogen-bond acceptors (Lipinski definition) is 5. The number of amides is 2. The summed E-state index contributed by atoms with van der Waals surface area (Å²) in [5.41, 5.74) is 0.515. The zero-order valence-corrected chi connectivity index (χ0v) is 21.9. The quantitative estimate of drug-likeness (QED) is 0.448. The highest BCUT2D eigenvalue weighted by molar-refractivity contribution is 7.80. The summed E-state index contributed by atoms with van der Waals surface area (Å²) >= 11 is 5.64. The molecule has 1 aromatic carbocycles. The van der Waals surface area contributed by atoms with Crippen molar-refractivity contribution in [2.24, 2.45) is 11.8 Å². The largest absolute Gasteiger partial charge is 0.396 e. The number of nitriles is 1. The van der Waals surface area contributed by atoms with Crippen molar-refractivity contribution in [3.05, 3.63) is 65.9 Å². The normalized spacial score (nSPS) is 23.4. The lowest BCUT2D eigenvalue weighted by molar-refractivity contribution is -0.166. The van der Waals surface area contributed by atoms with E-state index < -0.39 is 29.5 Å². The second-order valence-electron chi connectivity index (χ2n) is 9.87. The van der Waals surface area contributed by atoms with Gasteiger partial charge in [0.05, 0.1) is 17.9 Å². The summed E-state index contributed by atoms with van der Waals surface area (Å²) in [4.78, 5) is 31.2. The van der Waals surface area contributed by atoms with Crippen molar-refractivity contribution in [2.75, 3.05) is 31.1 Å². The Bertz CT molecular complexity index is 1270. The summed E-state index contributed by atoms with van der Waals surface area (Å²) < 4.78 is 41.0. The summed E-state index contributed by atoms with van der Waals surface area (Å²) in [6, 6.07) is 6.83. The van der Waals surface area contributed by atoms with Crippen LogP contribution in [0.1, 0.15) is 29.8 Å². The van der Waals surface area contributed by atoms with Crippen LogP contribution in [-0.2, 0) is 11.2 Å². The third kappa shape index (κ3) is 4.86. The monoisotopic (exact) mass is 543 g/mol. The molecule has 7 nitrogen and oxygen atoms in total. The van der Waals surface area contributed by atoms with Gasteiger partial charge < -0.3 is 15.1 Å². The maximum atomic E-state index is 13.7. The Morgan fingerprint density at radius 1 is 1.32 bits per heavy atom. The number of carbonyl (C=O) groups is 2. The van der Waals surface area contributed by atoms with Gasteiger partial charge in [0.15, 0.2) is 5.11 Å². The Kier molecular flexibility index (Phi) is 7.50. The lowest BCUT2D eigenvalue weighted by Crippen LogP contribution is -2.46. The molecule has 200 valence electrons. The van der Waals surface area contributed by atoms with Crippen molar-refractivity contribution < 1.29 is 22.8 Å². The van der Waals surface area contributed by atoms with E-state index >= 15 is 0 Å². The molecule has 1 N–H and O–H groups in total. The third-order valence-corrected chi connectivity index (χ3v) is 7.38. The molecule has 38 heavy (non-hydrogen) atoms. The van der Waals surface area contributed by atoms with Gasteiger partial charge in [0, 0.05) is 43.1 Å². The number of carbonyl (C=O) groups excluding carboxylic acids is 2. The smallest absolute Gasteiger partial charge is 0.336 e. The molecule has 2 unspecified atom stereocenters. The number of allylic oxidation sites excluding steroid dienone is 4. The van der Waals surface area contributed by atoms with E-state index in [-0.39, 0.29) is 16.7 Å². The topological polar surface area (TPSA) is 79.7 Å². The molecule has 2 aliphatic heterocycles. The van der Waals surface area contributed by atoms with Gasteiger partial charge in [-0.25, -0.2) is 0 Å². The highest BCUT2D eigenvalue weighted by Crippen LogP contribution is 2.41. The van der Waals surface area contributed by atoms with Crippen molar-refractivity contribution in [2.45, 2.75) is 32.0 Å². The highest BCUT2D eigenvalue weighted by Gasteiger charge is 2.52. The molecule has 2 fully saturated rings. The van der Waals surface area contributed by atoms with E-state index in [0.29, 0.717) is 49.4 Å². The lowest BCUT2D eigenvalue weighted by atomic mass is 9.87. The zero-order chi connectivity index (χ0) is 27.8. The molecule has 11 heteroatoms. The number of benzene rings is 1. The van der Waals surface area contributed by atoms with Crippen molar-refractivity contribution >= 4 is 34.8 Å². The summed E-state index contributed by atoms with van der Waals surface area (Å²) in [5.74, 6) is -4.05. The van der Waals surface area contributed by atoms with Crippen LogP contribution in [0.3, 0.4) is 0 Å². The molecule has 3 aliphatic rings. The van der Waals surface area contributed by atoms with E-state index in [1.165, 1.54) is 6.08 Å². The second kappa shape index (κ2) is 10.3. The maximum absolute atomic E-state index is 13.7. The number of nitrogens with one attached hydrogen (secondary N) is 1. The Morgan fingerprint density at radius 3 is 2.61 bits per heavy atom. The minimum absolute atomic E-state index is 0.0120. The van der Waals surface area contributed by atoms with Crippen LogP contribution in [0.2, 0.25) is 0 Å². The number of piperazine rings is 1. The van der Waals surface area contributed by atoms with Crippen LogP contribution in [0.5, 0.6) is 0 Å². The second-order valence-corrected chi connectivity index (χ2v) is 10.2. The van der Waals surface area contributed by atoms with Crippen LogP contribution in [0, 0.1) is 23.2 Å². The van der Waals surface area contributed by atoms with E-state index in [9.17, 15) is 28.0 Å². The Labute approximate surface area is 224 Å². The summed E-state index contributed by atoms with van der Waals surface area (Å²) in [6.07, 6.45) is 0.782. The van der Waals surface area contributed by atoms with E-state index in [2.05, 4.69) is 11.9 Å². The fourth-order valence-electron chi connectivity index (χ4n) is 4.98. The first kappa shape index (κ1) is 27.5.